The van der Waals surface area contributed by atoms with Crippen LogP contribution in [0.3, 0.4) is 0 Å². The van der Waals surface area contributed by atoms with E-state index in [0.29, 0.717) is 6.42 Å². The highest BCUT2D eigenvalue weighted by molar-refractivity contribution is 6.05. The molecular weight excluding hydrogens is 294 g/mol. The van der Waals surface area contributed by atoms with Gasteiger partial charge in [0, 0.05) is 34.6 Å². The maximum atomic E-state index is 12.7. The first kappa shape index (κ1) is 14.9. The van der Waals surface area contributed by atoms with Crippen molar-refractivity contribution in [3.63, 3.8) is 0 Å². The van der Waals surface area contributed by atoms with E-state index in [9.17, 15) is 4.79 Å². The molecule has 0 bridgehead atoms. The van der Waals surface area contributed by atoms with Crippen molar-refractivity contribution in [2.24, 2.45) is 0 Å². The number of aromatic nitrogens is 1. The summed E-state index contributed by atoms with van der Waals surface area (Å²) in [6.45, 7) is 4.22. The lowest BCUT2D eigenvalue weighted by atomic mass is 9.90. The van der Waals surface area contributed by atoms with Gasteiger partial charge < -0.3 is 4.57 Å². The van der Waals surface area contributed by atoms with Gasteiger partial charge in [0.05, 0.1) is 0 Å². The van der Waals surface area contributed by atoms with Crippen LogP contribution < -0.4 is 0 Å². The van der Waals surface area contributed by atoms with Crippen LogP contribution in [0.15, 0.2) is 54.6 Å². The van der Waals surface area contributed by atoms with E-state index in [-0.39, 0.29) is 5.78 Å². The van der Waals surface area contributed by atoms with Crippen LogP contribution in [-0.4, -0.2) is 10.4 Å². The summed E-state index contributed by atoms with van der Waals surface area (Å²) in [5.41, 5.74) is 7.89. The molecule has 0 amide bonds. The summed E-state index contributed by atoms with van der Waals surface area (Å²) in [7, 11) is 0. The highest BCUT2D eigenvalue weighted by Gasteiger charge is 2.29. The fraction of sp³-hybridized carbons (Fsp3) is 0.227. The predicted octanol–water partition coefficient (Wildman–Crippen LogP) is 5.28. The molecule has 0 N–H and O–H groups in total. The molecule has 120 valence electrons. The van der Waals surface area contributed by atoms with Gasteiger partial charge in [0.2, 0.25) is 0 Å². The number of benzene rings is 2. The largest absolute Gasteiger partial charge is 0.317 e. The van der Waals surface area contributed by atoms with E-state index >= 15 is 0 Å². The average molecular weight is 315 g/mol. The van der Waals surface area contributed by atoms with Gasteiger partial charge in [-0.3, -0.25) is 4.79 Å². The highest BCUT2D eigenvalue weighted by atomic mass is 16.1. The van der Waals surface area contributed by atoms with E-state index in [0.717, 1.165) is 40.9 Å². The number of nitrogens with zero attached hydrogens (tertiary/aromatic N) is 1. The van der Waals surface area contributed by atoms with Crippen LogP contribution in [0.2, 0.25) is 0 Å². The zero-order valence-electron chi connectivity index (χ0n) is 14.2. The lowest BCUT2D eigenvalue weighted by Crippen LogP contribution is -2.13. The molecule has 0 atom stereocenters. The summed E-state index contributed by atoms with van der Waals surface area (Å²) < 4.78 is 2.28. The molecular formula is C22H21NO. The lowest BCUT2D eigenvalue weighted by Gasteiger charge is -2.16. The molecule has 1 heterocycles. The molecule has 1 aromatic heterocycles. The molecule has 4 rings (SSSR count). The number of fused-ring (bicyclic) bond motifs is 1. The minimum Gasteiger partial charge on any atom is -0.317 e. The first-order valence-corrected chi connectivity index (χ1v) is 8.56. The van der Waals surface area contributed by atoms with Crippen molar-refractivity contribution in [3.05, 3.63) is 77.1 Å². The van der Waals surface area contributed by atoms with Crippen LogP contribution in [0.5, 0.6) is 0 Å². The Balaban J connectivity index is 2.02. The van der Waals surface area contributed by atoms with Gasteiger partial charge in [-0.2, -0.15) is 0 Å². The summed E-state index contributed by atoms with van der Waals surface area (Å²) in [6, 6.07) is 18.9. The third-order valence-electron chi connectivity index (χ3n) is 4.96. The SMILES string of the molecule is Cc1ccc(-c2c3c(n(-c4ccccc4)c2C)CCCC3=O)cc1. The number of carbonyl (C=O) groups is 1. The maximum Gasteiger partial charge on any atom is 0.165 e. The fourth-order valence-electron chi connectivity index (χ4n) is 3.83. The molecule has 24 heavy (non-hydrogen) atoms. The number of hydrogen-bond acceptors (Lipinski definition) is 1. The standard InChI is InChI=1S/C22H21NO/c1-15-11-13-17(14-12-15)21-16(2)23(18-7-4-3-5-8-18)19-9-6-10-20(24)22(19)21/h3-5,7-8,11-14H,6,9-10H2,1-2H3. The van der Waals surface area contributed by atoms with Crippen LogP contribution in [0, 0.1) is 13.8 Å². The van der Waals surface area contributed by atoms with Gasteiger partial charge >= 0.3 is 0 Å². The number of hydrogen-bond donors (Lipinski definition) is 0. The Bertz CT molecular complexity index is 901. The van der Waals surface area contributed by atoms with Crippen LogP contribution in [0.1, 0.15) is 40.2 Å². The molecule has 3 aromatic rings. The molecule has 0 radical (unpaired) electrons. The zero-order chi connectivity index (χ0) is 16.7. The highest BCUT2D eigenvalue weighted by Crippen LogP contribution is 2.38. The lowest BCUT2D eigenvalue weighted by molar-refractivity contribution is 0.0973. The van der Waals surface area contributed by atoms with Crippen molar-refractivity contribution >= 4 is 5.78 Å². The number of rotatable bonds is 2. The third-order valence-corrected chi connectivity index (χ3v) is 4.96. The van der Waals surface area contributed by atoms with Gasteiger partial charge in [-0.1, -0.05) is 48.0 Å². The molecule has 1 aliphatic carbocycles. The summed E-state index contributed by atoms with van der Waals surface area (Å²) in [6.07, 6.45) is 2.56. The van der Waals surface area contributed by atoms with Crippen molar-refractivity contribution in [1.29, 1.82) is 0 Å². The number of Topliss-reactive ketones (excluding diaryl/α,β-unsaturated/α-hetero) is 1. The van der Waals surface area contributed by atoms with Crippen molar-refractivity contribution in [3.8, 4) is 16.8 Å². The monoisotopic (exact) mass is 315 g/mol. The second-order valence-electron chi connectivity index (χ2n) is 6.60. The van der Waals surface area contributed by atoms with E-state index in [1.807, 2.05) is 6.07 Å². The van der Waals surface area contributed by atoms with Gasteiger partial charge in [-0.15, -0.1) is 0 Å². The zero-order valence-corrected chi connectivity index (χ0v) is 14.2. The van der Waals surface area contributed by atoms with Crippen LogP contribution in [-0.2, 0) is 6.42 Å². The molecule has 2 nitrogen and oxygen atoms in total. The number of ketones is 1. The second-order valence-corrected chi connectivity index (χ2v) is 6.60. The fourth-order valence-corrected chi connectivity index (χ4v) is 3.83. The molecule has 0 unspecified atom stereocenters. The Labute approximate surface area is 142 Å². The molecule has 0 aliphatic heterocycles. The Morgan fingerprint density at radius 3 is 2.25 bits per heavy atom. The second kappa shape index (κ2) is 5.79. The quantitative estimate of drug-likeness (QED) is 0.630. The number of carbonyl (C=O) groups excluding carboxylic acids is 1. The molecule has 0 spiro atoms. The van der Waals surface area contributed by atoms with Crippen LogP contribution >= 0.6 is 0 Å². The van der Waals surface area contributed by atoms with Gasteiger partial charge in [-0.05, 0) is 44.4 Å². The first-order chi connectivity index (χ1) is 11.7. The van der Waals surface area contributed by atoms with E-state index in [1.165, 1.54) is 11.3 Å². The van der Waals surface area contributed by atoms with Crippen molar-refractivity contribution in [1.82, 2.24) is 4.57 Å². The Morgan fingerprint density at radius 2 is 1.54 bits per heavy atom. The molecule has 1 aliphatic rings. The summed E-state index contributed by atoms with van der Waals surface area (Å²) in [5, 5.41) is 0. The van der Waals surface area contributed by atoms with E-state index in [2.05, 4.69) is 66.9 Å². The minimum absolute atomic E-state index is 0.282. The minimum atomic E-state index is 0.282. The predicted molar refractivity (Wildman–Crippen MR) is 97.9 cm³/mol. The van der Waals surface area contributed by atoms with Crippen molar-refractivity contribution < 1.29 is 4.79 Å². The number of aryl methyl sites for hydroxylation is 1. The first-order valence-electron chi connectivity index (χ1n) is 8.56. The molecule has 0 fully saturated rings. The van der Waals surface area contributed by atoms with Gasteiger partial charge in [0.25, 0.3) is 0 Å². The van der Waals surface area contributed by atoms with E-state index < -0.39 is 0 Å². The Hall–Kier alpha value is -2.61. The van der Waals surface area contributed by atoms with Gasteiger partial charge in [-0.25, -0.2) is 0 Å². The molecule has 0 saturated heterocycles. The average Bonchev–Trinajstić information content (AvgIpc) is 2.90. The van der Waals surface area contributed by atoms with Crippen molar-refractivity contribution in [2.45, 2.75) is 33.1 Å². The van der Waals surface area contributed by atoms with Crippen LogP contribution in [0.4, 0.5) is 0 Å². The van der Waals surface area contributed by atoms with Gasteiger partial charge in [0.15, 0.2) is 5.78 Å². The Morgan fingerprint density at radius 1 is 0.833 bits per heavy atom. The summed E-state index contributed by atoms with van der Waals surface area (Å²) >= 11 is 0. The summed E-state index contributed by atoms with van der Waals surface area (Å²) in [5.74, 6) is 0.282. The molecule has 2 aromatic carbocycles. The summed E-state index contributed by atoms with van der Waals surface area (Å²) in [4.78, 5) is 12.7. The van der Waals surface area contributed by atoms with E-state index in [4.69, 9.17) is 0 Å². The van der Waals surface area contributed by atoms with Crippen molar-refractivity contribution in [2.75, 3.05) is 0 Å². The smallest absolute Gasteiger partial charge is 0.165 e. The van der Waals surface area contributed by atoms with E-state index in [1.54, 1.807) is 0 Å². The molecule has 2 heteroatoms. The Kier molecular flexibility index (Phi) is 3.61. The maximum absolute atomic E-state index is 12.7. The number of para-hydroxylation sites is 1. The molecule has 0 saturated carbocycles. The topological polar surface area (TPSA) is 22.0 Å². The normalized spacial score (nSPS) is 13.8. The van der Waals surface area contributed by atoms with Crippen LogP contribution in [0.25, 0.3) is 16.8 Å². The van der Waals surface area contributed by atoms with Gasteiger partial charge in [0.1, 0.15) is 0 Å². The third kappa shape index (κ3) is 2.30.